The molecule has 0 saturated heterocycles. The van der Waals surface area contributed by atoms with Crippen LogP contribution in [0.15, 0.2) is 63.6 Å². The molecule has 0 saturated carbocycles. The number of halogens is 3. The molecule has 4 aromatic rings. The van der Waals surface area contributed by atoms with Gasteiger partial charge in [0.1, 0.15) is 5.52 Å². The van der Waals surface area contributed by atoms with Crippen LogP contribution in [0.4, 0.5) is 13.2 Å². The fourth-order valence-electron chi connectivity index (χ4n) is 4.69. The van der Waals surface area contributed by atoms with Gasteiger partial charge in [-0.15, -0.1) is 0 Å². The van der Waals surface area contributed by atoms with Crippen molar-refractivity contribution >= 4 is 22.7 Å². The summed E-state index contributed by atoms with van der Waals surface area (Å²) in [5, 5.41) is 0. The van der Waals surface area contributed by atoms with E-state index in [-0.39, 0.29) is 17.3 Å². The molecule has 1 aromatic carbocycles. The molecule has 1 aliphatic heterocycles. The van der Waals surface area contributed by atoms with Crippen LogP contribution in [0.1, 0.15) is 56.5 Å². The maximum atomic E-state index is 13.3. The first kappa shape index (κ1) is 25.5. The van der Waals surface area contributed by atoms with E-state index in [1.165, 1.54) is 4.57 Å². The Labute approximate surface area is 216 Å². The van der Waals surface area contributed by atoms with Crippen molar-refractivity contribution in [3.63, 3.8) is 0 Å². The minimum absolute atomic E-state index is 0.158. The maximum Gasteiger partial charge on any atom is 0.451 e. The molecule has 0 bridgehead atoms. The zero-order valence-corrected chi connectivity index (χ0v) is 21.5. The third-order valence-corrected chi connectivity index (χ3v) is 6.73. The number of benzene rings is 1. The number of imidazole rings is 1. The van der Waals surface area contributed by atoms with Gasteiger partial charge < -0.3 is 0 Å². The monoisotopic (exact) mass is 521 g/mol. The Morgan fingerprint density at radius 3 is 2.37 bits per heavy atom. The van der Waals surface area contributed by atoms with Crippen LogP contribution in [0.25, 0.3) is 22.6 Å². The van der Waals surface area contributed by atoms with Crippen LogP contribution in [0.5, 0.6) is 0 Å². The van der Waals surface area contributed by atoms with Gasteiger partial charge in [0.2, 0.25) is 5.84 Å². The first-order chi connectivity index (χ1) is 18.0. The number of fused-ring (bicyclic) bond motifs is 1. The summed E-state index contributed by atoms with van der Waals surface area (Å²) in [6, 6.07) is 9.61. The van der Waals surface area contributed by atoms with Crippen LogP contribution in [0.2, 0.25) is 0 Å². The van der Waals surface area contributed by atoms with Crippen molar-refractivity contribution in [1.29, 1.82) is 0 Å². The molecule has 0 N–H and O–H groups in total. The van der Waals surface area contributed by atoms with E-state index in [0.717, 1.165) is 16.8 Å². The Morgan fingerprint density at radius 2 is 1.74 bits per heavy atom. The first-order valence-electron chi connectivity index (χ1n) is 12.2. The Hall–Kier alpha value is -4.15. The molecule has 1 aliphatic rings. The third kappa shape index (κ3) is 4.31. The van der Waals surface area contributed by atoms with Crippen molar-refractivity contribution in [2.75, 3.05) is 0 Å². The van der Waals surface area contributed by atoms with Crippen molar-refractivity contribution in [1.82, 2.24) is 24.1 Å². The molecular formula is C27H26F3N7O. The van der Waals surface area contributed by atoms with Crippen molar-refractivity contribution in [2.45, 2.75) is 51.9 Å². The van der Waals surface area contributed by atoms with E-state index in [0.29, 0.717) is 22.6 Å². The highest BCUT2D eigenvalue weighted by atomic mass is 19.4. The third-order valence-electron chi connectivity index (χ3n) is 6.73. The number of pyridine rings is 1. The molecule has 196 valence electrons. The number of nitrogens with zero attached hydrogens (tertiary/aromatic N) is 7. The van der Waals surface area contributed by atoms with Crippen LogP contribution in [-0.4, -0.2) is 47.9 Å². The standard InChI is InChI=1S/C27H26F3N7O/c1-14(2)21-19(7-6-12-31-21)23-32-13-20-24(35-23)37(26(38)36(20)5)16(4)17-8-10-18(11-9-17)22-15(3)33-25(34-22)27(28,29)30/h6-16H,1-5H3/t15?,16-/m0/s1. The largest absolute Gasteiger partial charge is 0.451 e. The Bertz CT molecular complexity index is 1650. The van der Waals surface area contributed by atoms with Crippen LogP contribution in [-0.2, 0) is 7.05 Å². The topological polar surface area (TPSA) is 90.3 Å². The fourth-order valence-corrected chi connectivity index (χ4v) is 4.69. The fraction of sp³-hybridized carbons (Fsp3) is 0.333. The minimum atomic E-state index is -4.59. The number of amidine groups is 1. The number of aliphatic imine (C=N–C) groups is 2. The number of hydrogen-bond acceptors (Lipinski definition) is 6. The molecular weight excluding hydrogens is 495 g/mol. The van der Waals surface area contributed by atoms with E-state index in [1.807, 2.05) is 32.9 Å². The summed E-state index contributed by atoms with van der Waals surface area (Å²) in [7, 11) is 1.67. The molecule has 0 aliphatic carbocycles. The summed E-state index contributed by atoms with van der Waals surface area (Å²) in [6.45, 7) is 7.54. The average molecular weight is 522 g/mol. The van der Waals surface area contributed by atoms with Crippen molar-refractivity contribution in [2.24, 2.45) is 17.0 Å². The normalized spacial score (nSPS) is 16.7. The predicted octanol–water partition coefficient (Wildman–Crippen LogP) is 5.08. The molecule has 11 heteroatoms. The summed E-state index contributed by atoms with van der Waals surface area (Å²) in [5.74, 6) is -0.486. The summed E-state index contributed by atoms with van der Waals surface area (Å²) in [4.78, 5) is 34.4. The lowest BCUT2D eigenvalue weighted by Gasteiger charge is -2.15. The Balaban J connectivity index is 1.54. The van der Waals surface area contributed by atoms with E-state index < -0.39 is 24.1 Å². The van der Waals surface area contributed by atoms with E-state index in [1.54, 1.807) is 55.2 Å². The Kier molecular flexibility index (Phi) is 6.24. The van der Waals surface area contributed by atoms with Gasteiger partial charge in [0.15, 0.2) is 11.5 Å². The Morgan fingerprint density at radius 1 is 1.03 bits per heavy atom. The number of alkyl halides is 3. The zero-order chi connectivity index (χ0) is 27.4. The summed E-state index contributed by atoms with van der Waals surface area (Å²) >= 11 is 0. The van der Waals surface area contributed by atoms with Gasteiger partial charge in [-0.2, -0.15) is 13.2 Å². The second-order valence-corrected chi connectivity index (χ2v) is 9.63. The summed E-state index contributed by atoms with van der Waals surface area (Å²) in [6.07, 6.45) is -1.22. The lowest BCUT2D eigenvalue weighted by Crippen LogP contribution is -2.25. The van der Waals surface area contributed by atoms with Gasteiger partial charge in [0.25, 0.3) is 0 Å². The summed E-state index contributed by atoms with van der Waals surface area (Å²) < 4.78 is 42.3. The van der Waals surface area contributed by atoms with Gasteiger partial charge in [0, 0.05) is 18.8 Å². The number of rotatable bonds is 5. The number of hydrogen-bond donors (Lipinski definition) is 0. The van der Waals surface area contributed by atoms with Crippen molar-refractivity contribution < 1.29 is 13.2 Å². The van der Waals surface area contributed by atoms with Crippen LogP contribution < -0.4 is 5.69 Å². The van der Waals surface area contributed by atoms with Gasteiger partial charge in [-0.1, -0.05) is 38.1 Å². The molecule has 38 heavy (non-hydrogen) atoms. The van der Waals surface area contributed by atoms with Gasteiger partial charge in [-0.25, -0.2) is 19.8 Å². The molecule has 5 rings (SSSR count). The minimum Gasteiger partial charge on any atom is -0.292 e. The van der Waals surface area contributed by atoms with Gasteiger partial charge in [-0.3, -0.25) is 19.1 Å². The highest BCUT2D eigenvalue weighted by Crippen LogP contribution is 2.29. The van der Waals surface area contributed by atoms with Crippen LogP contribution >= 0.6 is 0 Å². The second-order valence-electron chi connectivity index (χ2n) is 9.63. The lowest BCUT2D eigenvalue weighted by atomic mass is 10.0. The number of aromatic nitrogens is 5. The molecule has 0 amide bonds. The highest BCUT2D eigenvalue weighted by molar-refractivity contribution is 6.15. The summed E-state index contributed by atoms with van der Waals surface area (Å²) in [5.41, 5.74) is 4.07. The van der Waals surface area contributed by atoms with Crippen molar-refractivity contribution in [3.8, 4) is 11.4 Å². The molecule has 8 nitrogen and oxygen atoms in total. The SMILES string of the molecule is CC1N=C(C(F)(F)F)N=C1c1ccc([C@H](C)n2c(=O)n(C)c3cnc(-c4cccnc4C(C)C)nc32)cc1. The van der Waals surface area contributed by atoms with E-state index in [9.17, 15) is 18.0 Å². The smallest absolute Gasteiger partial charge is 0.292 e. The quantitative estimate of drug-likeness (QED) is 0.366. The zero-order valence-electron chi connectivity index (χ0n) is 21.5. The molecule has 2 atom stereocenters. The van der Waals surface area contributed by atoms with Gasteiger partial charge >= 0.3 is 11.9 Å². The van der Waals surface area contributed by atoms with E-state index in [4.69, 9.17) is 4.98 Å². The molecule has 0 spiro atoms. The first-order valence-corrected chi connectivity index (χ1v) is 12.2. The highest BCUT2D eigenvalue weighted by Gasteiger charge is 2.40. The molecule has 3 aromatic heterocycles. The lowest BCUT2D eigenvalue weighted by molar-refractivity contribution is -0.0596. The molecule has 0 radical (unpaired) electrons. The van der Waals surface area contributed by atoms with Crippen LogP contribution in [0, 0.1) is 0 Å². The van der Waals surface area contributed by atoms with E-state index in [2.05, 4.69) is 20.0 Å². The second kappa shape index (κ2) is 9.30. The molecule has 1 unspecified atom stereocenters. The van der Waals surface area contributed by atoms with E-state index >= 15 is 0 Å². The average Bonchev–Trinajstić information content (AvgIpc) is 3.41. The molecule has 0 fully saturated rings. The van der Waals surface area contributed by atoms with Crippen LogP contribution in [0.3, 0.4) is 0 Å². The van der Waals surface area contributed by atoms with Gasteiger partial charge in [0.05, 0.1) is 29.7 Å². The maximum absolute atomic E-state index is 13.3. The number of aryl methyl sites for hydroxylation is 1. The molecule has 4 heterocycles. The van der Waals surface area contributed by atoms with Gasteiger partial charge in [-0.05, 0) is 43.0 Å². The predicted molar refractivity (Wildman–Crippen MR) is 140 cm³/mol. The van der Waals surface area contributed by atoms with Crippen molar-refractivity contribution in [3.05, 3.63) is 76.1 Å².